The quantitative estimate of drug-likeness (QED) is 0.270. The van der Waals surface area contributed by atoms with Crippen molar-refractivity contribution in [2.45, 2.75) is 90.9 Å². The second-order valence-electron chi connectivity index (χ2n) is 10.9. The Morgan fingerprint density at radius 2 is 1.75 bits per heavy atom. The molecule has 2 aromatic carbocycles. The van der Waals surface area contributed by atoms with Gasteiger partial charge >= 0.3 is 0 Å². The fourth-order valence-electron chi connectivity index (χ4n) is 5.72. The summed E-state index contributed by atoms with van der Waals surface area (Å²) in [7, 11) is 0. The van der Waals surface area contributed by atoms with Gasteiger partial charge in [-0.05, 0) is 105 Å². The first-order valence-electron chi connectivity index (χ1n) is 14.0. The third kappa shape index (κ3) is 7.35. The lowest BCUT2D eigenvalue weighted by Gasteiger charge is -2.41. The molecule has 2 atom stereocenters. The molecule has 1 heterocycles. The molecule has 0 aromatic heterocycles. The Morgan fingerprint density at radius 3 is 2.36 bits per heavy atom. The van der Waals surface area contributed by atoms with Crippen molar-refractivity contribution >= 4 is 17.4 Å². The van der Waals surface area contributed by atoms with Crippen LogP contribution < -0.4 is 4.74 Å². The Hall–Kier alpha value is -1.84. The monoisotopic (exact) mass is 511 g/mol. The van der Waals surface area contributed by atoms with Crippen LogP contribution in [0.2, 0.25) is 5.02 Å². The number of benzene rings is 2. The summed E-state index contributed by atoms with van der Waals surface area (Å²) >= 11 is 6.30. The van der Waals surface area contributed by atoms with Gasteiger partial charge in [0.05, 0.1) is 5.41 Å². The Bertz CT molecular complexity index is 963. The van der Waals surface area contributed by atoms with Gasteiger partial charge in [0, 0.05) is 11.6 Å². The number of halogens is 1. The predicted octanol–water partition coefficient (Wildman–Crippen LogP) is 8.36. The summed E-state index contributed by atoms with van der Waals surface area (Å²) in [5.74, 6) is 2.64. The number of rotatable bonds is 13. The van der Waals surface area contributed by atoms with Gasteiger partial charge < -0.3 is 4.74 Å². The number of carbonyl (C=O) groups is 1. The molecule has 2 unspecified atom stereocenters. The Morgan fingerprint density at radius 1 is 1.06 bits per heavy atom. The third-order valence-corrected chi connectivity index (χ3v) is 8.70. The SMILES string of the molecule is CCCC(CCC(C)CC)c1ccc(OCCN2CCC(C(C)=O)(c3cc(Cl)ccc3C)CC2)cc1. The smallest absolute Gasteiger partial charge is 0.140 e. The molecule has 0 bridgehead atoms. The van der Waals surface area contributed by atoms with Crippen molar-refractivity contribution in [2.24, 2.45) is 5.92 Å². The molecule has 0 spiro atoms. The van der Waals surface area contributed by atoms with Crippen LogP contribution in [0, 0.1) is 12.8 Å². The standard InChI is InChI=1S/C32H46ClNO2/c1-6-8-27(11-9-24(3)7-2)28-12-15-30(16-13-28)36-22-21-34-19-17-32(18-20-34,26(5)35)31-23-29(33)14-10-25(31)4/h10,12-16,23-24,27H,6-9,11,17-22H2,1-5H3. The average Bonchev–Trinajstić information content (AvgIpc) is 2.88. The van der Waals surface area contributed by atoms with Crippen molar-refractivity contribution in [3.8, 4) is 5.75 Å². The van der Waals surface area contributed by atoms with E-state index in [1.807, 2.05) is 18.2 Å². The minimum absolute atomic E-state index is 0.245. The van der Waals surface area contributed by atoms with Crippen molar-refractivity contribution in [3.63, 3.8) is 0 Å². The Kier molecular flexibility index (Phi) is 10.9. The van der Waals surface area contributed by atoms with E-state index in [4.69, 9.17) is 16.3 Å². The molecular formula is C32H46ClNO2. The van der Waals surface area contributed by atoms with E-state index in [2.05, 4.69) is 56.9 Å². The zero-order chi connectivity index (χ0) is 26.1. The van der Waals surface area contributed by atoms with Gasteiger partial charge in [-0.2, -0.15) is 0 Å². The molecule has 0 saturated carbocycles. The fraction of sp³-hybridized carbons (Fsp3) is 0.594. The highest BCUT2D eigenvalue weighted by Crippen LogP contribution is 2.39. The molecule has 1 aliphatic rings. The van der Waals surface area contributed by atoms with Crippen molar-refractivity contribution in [3.05, 3.63) is 64.2 Å². The second-order valence-corrected chi connectivity index (χ2v) is 11.4. The summed E-state index contributed by atoms with van der Waals surface area (Å²) in [5, 5.41) is 0.703. The molecule has 1 saturated heterocycles. The molecular weight excluding hydrogens is 466 g/mol. The maximum atomic E-state index is 12.8. The lowest BCUT2D eigenvalue weighted by molar-refractivity contribution is -0.124. The van der Waals surface area contributed by atoms with Crippen molar-refractivity contribution in [2.75, 3.05) is 26.2 Å². The van der Waals surface area contributed by atoms with Crippen LogP contribution in [-0.2, 0) is 10.2 Å². The molecule has 1 aliphatic heterocycles. The highest BCUT2D eigenvalue weighted by atomic mass is 35.5. The summed E-state index contributed by atoms with van der Waals surface area (Å²) in [6, 6.07) is 14.7. The van der Waals surface area contributed by atoms with Crippen LogP contribution in [0.3, 0.4) is 0 Å². The molecule has 1 fully saturated rings. The average molecular weight is 512 g/mol. The molecule has 0 N–H and O–H groups in total. The highest BCUT2D eigenvalue weighted by molar-refractivity contribution is 6.30. The number of hydrogen-bond donors (Lipinski definition) is 0. The van der Waals surface area contributed by atoms with Crippen molar-refractivity contribution in [1.82, 2.24) is 4.90 Å². The topological polar surface area (TPSA) is 29.5 Å². The molecule has 2 aromatic rings. The maximum absolute atomic E-state index is 12.8. The van der Waals surface area contributed by atoms with Gasteiger partial charge in [-0.3, -0.25) is 9.69 Å². The van der Waals surface area contributed by atoms with E-state index < -0.39 is 5.41 Å². The minimum atomic E-state index is -0.424. The molecule has 3 rings (SSSR count). The van der Waals surface area contributed by atoms with E-state index in [0.717, 1.165) is 55.3 Å². The van der Waals surface area contributed by atoms with E-state index in [-0.39, 0.29) is 5.78 Å². The van der Waals surface area contributed by atoms with E-state index in [0.29, 0.717) is 17.5 Å². The number of likely N-dealkylation sites (tertiary alicyclic amines) is 1. The molecule has 3 nitrogen and oxygen atoms in total. The number of piperidine rings is 1. The number of nitrogens with zero attached hydrogens (tertiary/aromatic N) is 1. The van der Waals surface area contributed by atoms with E-state index in [9.17, 15) is 4.79 Å². The molecule has 4 heteroatoms. The van der Waals surface area contributed by atoms with Crippen LogP contribution in [-0.4, -0.2) is 36.9 Å². The van der Waals surface area contributed by atoms with E-state index in [1.54, 1.807) is 6.92 Å². The van der Waals surface area contributed by atoms with Crippen LogP contribution in [0.4, 0.5) is 0 Å². The number of ketones is 1. The van der Waals surface area contributed by atoms with Gasteiger partial charge in [0.15, 0.2) is 0 Å². The van der Waals surface area contributed by atoms with Crippen LogP contribution >= 0.6 is 11.6 Å². The number of ether oxygens (including phenoxy) is 1. The van der Waals surface area contributed by atoms with E-state index >= 15 is 0 Å². The van der Waals surface area contributed by atoms with Gasteiger partial charge in [0.25, 0.3) is 0 Å². The normalized spacial score (nSPS) is 17.5. The number of carbonyl (C=O) groups excluding carboxylic acids is 1. The first-order chi connectivity index (χ1) is 17.3. The highest BCUT2D eigenvalue weighted by Gasteiger charge is 2.41. The lowest BCUT2D eigenvalue weighted by Crippen LogP contribution is -2.47. The van der Waals surface area contributed by atoms with Gasteiger partial charge in [0.1, 0.15) is 18.1 Å². The van der Waals surface area contributed by atoms with Crippen LogP contribution in [0.5, 0.6) is 5.75 Å². The van der Waals surface area contributed by atoms with E-state index in [1.165, 1.54) is 37.7 Å². The lowest BCUT2D eigenvalue weighted by atomic mass is 9.69. The molecule has 0 radical (unpaired) electrons. The first kappa shape index (κ1) is 28.7. The number of aryl methyl sites for hydroxylation is 1. The predicted molar refractivity (Wildman–Crippen MR) is 152 cm³/mol. The van der Waals surface area contributed by atoms with Crippen molar-refractivity contribution < 1.29 is 9.53 Å². The fourth-order valence-corrected chi connectivity index (χ4v) is 5.90. The minimum Gasteiger partial charge on any atom is -0.492 e. The van der Waals surface area contributed by atoms with Gasteiger partial charge in [0.2, 0.25) is 0 Å². The van der Waals surface area contributed by atoms with Gasteiger partial charge in [-0.25, -0.2) is 0 Å². The number of hydrogen-bond acceptors (Lipinski definition) is 3. The van der Waals surface area contributed by atoms with Crippen LogP contribution in [0.1, 0.15) is 95.2 Å². The summed E-state index contributed by atoms with van der Waals surface area (Å²) in [6.07, 6.45) is 7.97. The second kappa shape index (κ2) is 13.6. The largest absolute Gasteiger partial charge is 0.492 e. The maximum Gasteiger partial charge on any atom is 0.140 e. The summed E-state index contributed by atoms with van der Waals surface area (Å²) in [5.41, 5.74) is 3.27. The van der Waals surface area contributed by atoms with Gasteiger partial charge in [-0.15, -0.1) is 0 Å². The summed E-state index contributed by atoms with van der Waals surface area (Å²) in [4.78, 5) is 15.2. The van der Waals surface area contributed by atoms with Gasteiger partial charge in [-0.1, -0.05) is 69.8 Å². The van der Waals surface area contributed by atoms with Crippen LogP contribution in [0.15, 0.2) is 42.5 Å². The number of Topliss-reactive ketones (excluding diaryl/α,β-unsaturated/α-hetero) is 1. The van der Waals surface area contributed by atoms with Crippen LogP contribution in [0.25, 0.3) is 0 Å². The zero-order valence-electron chi connectivity index (χ0n) is 23.1. The Balaban J connectivity index is 1.51. The third-order valence-electron chi connectivity index (χ3n) is 8.47. The zero-order valence-corrected chi connectivity index (χ0v) is 23.9. The molecule has 0 aliphatic carbocycles. The summed E-state index contributed by atoms with van der Waals surface area (Å²) in [6.45, 7) is 14.1. The van der Waals surface area contributed by atoms with Crippen molar-refractivity contribution in [1.29, 1.82) is 0 Å². The Labute approximate surface area is 224 Å². The molecule has 36 heavy (non-hydrogen) atoms. The molecule has 198 valence electrons. The molecule has 0 amide bonds. The summed E-state index contributed by atoms with van der Waals surface area (Å²) < 4.78 is 6.11. The first-order valence-corrected chi connectivity index (χ1v) is 14.4.